The zero-order valence-electron chi connectivity index (χ0n) is 17.3. The summed E-state index contributed by atoms with van der Waals surface area (Å²) in [7, 11) is 1.34. The Bertz CT molecular complexity index is 1290. The first-order valence-corrected chi connectivity index (χ1v) is 9.69. The summed E-state index contributed by atoms with van der Waals surface area (Å²) < 4.78 is 20.8. The number of ether oxygens (including phenoxy) is 1. The van der Waals surface area contributed by atoms with E-state index in [4.69, 9.17) is 10.5 Å². The molecule has 0 bridgehead atoms. The van der Waals surface area contributed by atoms with Crippen LogP contribution in [0.15, 0.2) is 61.6 Å². The number of pyridine rings is 1. The van der Waals surface area contributed by atoms with E-state index >= 15 is 0 Å². The Balaban J connectivity index is 1.74. The summed E-state index contributed by atoms with van der Waals surface area (Å²) in [5.74, 6) is -0.795. The van der Waals surface area contributed by atoms with Crippen molar-refractivity contribution in [2.24, 2.45) is 0 Å². The molecule has 0 aliphatic rings. The molecule has 9 nitrogen and oxygen atoms in total. The summed E-state index contributed by atoms with van der Waals surface area (Å²) in [4.78, 5) is 26.4. The zero-order chi connectivity index (χ0) is 22.7. The number of methoxy groups -OCH3 is 1. The first-order valence-electron chi connectivity index (χ1n) is 9.69. The average molecular weight is 433 g/mol. The molecule has 0 spiro atoms. The number of nitrogen functional groups attached to an aromatic ring is 1. The van der Waals surface area contributed by atoms with Crippen LogP contribution in [-0.4, -0.2) is 44.3 Å². The van der Waals surface area contributed by atoms with Crippen LogP contribution >= 0.6 is 0 Å². The van der Waals surface area contributed by atoms with E-state index in [9.17, 15) is 9.18 Å². The second-order valence-corrected chi connectivity index (χ2v) is 6.77. The summed E-state index contributed by atoms with van der Waals surface area (Å²) >= 11 is 0. The molecule has 4 rings (SSSR count). The number of amides is 1. The van der Waals surface area contributed by atoms with Gasteiger partial charge in [-0.25, -0.2) is 24.0 Å². The molecule has 1 aromatic carbocycles. The standard InChI is InChI=1S/C22H20FN7O2/c1-3-17(31)29(15-7-5-4-6-8-15)9-10-30-21-18(20(24)26-13-27-21)19(28-30)14-11-16(23)22(32-2)25-12-14/h3-8,11-13H,1,9-10H2,2H3,(H2,24,26,27). The number of nitrogens with two attached hydrogens (primary N) is 1. The van der Waals surface area contributed by atoms with E-state index in [0.717, 1.165) is 5.69 Å². The van der Waals surface area contributed by atoms with Crippen molar-refractivity contribution in [1.29, 1.82) is 0 Å². The van der Waals surface area contributed by atoms with Crippen LogP contribution < -0.4 is 15.4 Å². The molecule has 0 fully saturated rings. The van der Waals surface area contributed by atoms with Gasteiger partial charge in [0.1, 0.15) is 17.8 Å². The summed E-state index contributed by atoms with van der Waals surface area (Å²) in [5, 5.41) is 5.06. The Morgan fingerprint density at radius 1 is 1.28 bits per heavy atom. The highest BCUT2D eigenvalue weighted by Crippen LogP contribution is 2.31. The van der Waals surface area contributed by atoms with Crippen LogP contribution in [-0.2, 0) is 11.3 Å². The highest BCUT2D eigenvalue weighted by atomic mass is 19.1. The Hall–Kier alpha value is -4.34. The molecule has 0 aliphatic heterocycles. The predicted molar refractivity (Wildman–Crippen MR) is 118 cm³/mol. The number of carbonyl (C=O) groups excluding carboxylic acids is 1. The van der Waals surface area contributed by atoms with Crippen molar-refractivity contribution in [2.75, 3.05) is 24.3 Å². The van der Waals surface area contributed by atoms with E-state index in [-0.39, 0.29) is 17.6 Å². The Morgan fingerprint density at radius 3 is 2.75 bits per heavy atom. The van der Waals surface area contributed by atoms with Crippen LogP contribution in [0.4, 0.5) is 15.9 Å². The lowest BCUT2D eigenvalue weighted by atomic mass is 10.1. The fourth-order valence-electron chi connectivity index (χ4n) is 3.37. The van der Waals surface area contributed by atoms with Gasteiger partial charge in [0.2, 0.25) is 11.8 Å². The summed E-state index contributed by atoms with van der Waals surface area (Å²) in [5.41, 5.74) is 8.07. The maximum Gasteiger partial charge on any atom is 0.250 e. The fraction of sp³-hybridized carbons (Fsp3) is 0.136. The van der Waals surface area contributed by atoms with Crippen molar-refractivity contribution in [3.63, 3.8) is 0 Å². The van der Waals surface area contributed by atoms with E-state index in [1.54, 1.807) is 9.58 Å². The lowest BCUT2D eigenvalue weighted by molar-refractivity contribution is -0.114. The Labute approximate surface area is 183 Å². The Morgan fingerprint density at radius 2 is 2.06 bits per heavy atom. The molecule has 1 amide bonds. The predicted octanol–water partition coefficient (Wildman–Crippen LogP) is 2.84. The van der Waals surface area contributed by atoms with Gasteiger partial charge in [0.05, 0.1) is 19.0 Å². The average Bonchev–Trinajstić information content (AvgIpc) is 3.19. The minimum atomic E-state index is -0.630. The number of hydrogen-bond donors (Lipinski definition) is 1. The van der Waals surface area contributed by atoms with Crippen molar-refractivity contribution < 1.29 is 13.9 Å². The molecule has 0 unspecified atom stereocenters. The largest absolute Gasteiger partial charge is 0.479 e. The number of anilines is 2. The molecule has 4 aromatic rings. The first-order chi connectivity index (χ1) is 15.5. The van der Waals surface area contributed by atoms with Gasteiger partial charge in [-0.05, 0) is 24.3 Å². The highest BCUT2D eigenvalue weighted by Gasteiger charge is 2.20. The van der Waals surface area contributed by atoms with Crippen molar-refractivity contribution >= 4 is 28.4 Å². The zero-order valence-corrected chi connectivity index (χ0v) is 17.3. The third-order valence-electron chi connectivity index (χ3n) is 4.88. The van der Waals surface area contributed by atoms with Gasteiger partial charge in [0, 0.05) is 24.0 Å². The highest BCUT2D eigenvalue weighted by molar-refractivity contribution is 6.01. The molecule has 0 saturated carbocycles. The lowest BCUT2D eigenvalue weighted by Gasteiger charge is -2.21. The van der Waals surface area contributed by atoms with Gasteiger partial charge in [-0.15, -0.1) is 0 Å². The maximum atomic E-state index is 14.3. The molecule has 2 N–H and O–H groups in total. The molecule has 10 heteroatoms. The lowest BCUT2D eigenvalue weighted by Crippen LogP contribution is -2.32. The second-order valence-electron chi connectivity index (χ2n) is 6.77. The molecule has 0 radical (unpaired) electrons. The first kappa shape index (κ1) is 20.9. The number of nitrogens with zero attached hydrogens (tertiary/aromatic N) is 6. The van der Waals surface area contributed by atoms with Gasteiger partial charge in [0.25, 0.3) is 0 Å². The van der Waals surface area contributed by atoms with Crippen molar-refractivity contribution in [3.05, 3.63) is 67.4 Å². The van der Waals surface area contributed by atoms with Crippen LogP contribution in [0.1, 0.15) is 0 Å². The smallest absolute Gasteiger partial charge is 0.250 e. The number of aromatic nitrogens is 5. The van der Waals surface area contributed by atoms with Gasteiger partial charge in [-0.1, -0.05) is 24.8 Å². The number of rotatable bonds is 7. The minimum Gasteiger partial charge on any atom is -0.479 e. The van der Waals surface area contributed by atoms with E-state index in [1.165, 1.54) is 31.8 Å². The van der Waals surface area contributed by atoms with Crippen molar-refractivity contribution in [1.82, 2.24) is 24.7 Å². The quantitative estimate of drug-likeness (QED) is 0.446. The number of carbonyl (C=O) groups is 1. The van der Waals surface area contributed by atoms with E-state index in [2.05, 4.69) is 26.6 Å². The third kappa shape index (κ3) is 3.85. The van der Waals surface area contributed by atoms with Gasteiger partial charge < -0.3 is 15.4 Å². The molecule has 0 saturated heterocycles. The molecule has 3 heterocycles. The summed E-state index contributed by atoms with van der Waals surface area (Å²) in [6.07, 6.45) is 4.03. The molecule has 32 heavy (non-hydrogen) atoms. The molecular weight excluding hydrogens is 413 g/mol. The molecule has 162 valence electrons. The van der Waals surface area contributed by atoms with Crippen LogP contribution in [0.3, 0.4) is 0 Å². The van der Waals surface area contributed by atoms with Gasteiger partial charge in [-0.2, -0.15) is 5.10 Å². The molecule has 0 aliphatic carbocycles. The van der Waals surface area contributed by atoms with E-state index in [0.29, 0.717) is 35.4 Å². The van der Waals surface area contributed by atoms with Crippen LogP contribution in [0.5, 0.6) is 5.88 Å². The monoisotopic (exact) mass is 433 g/mol. The van der Waals surface area contributed by atoms with E-state index < -0.39 is 5.82 Å². The van der Waals surface area contributed by atoms with Gasteiger partial charge >= 0.3 is 0 Å². The number of para-hydroxylation sites is 1. The SMILES string of the molecule is C=CC(=O)N(CCn1nc(-c2cnc(OC)c(F)c2)c2c(N)ncnc21)c1ccccc1. The van der Waals surface area contributed by atoms with Gasteiger partial charge in [0.15, 0.2) is 11.5 Å². The van der Waals surface area contributed by atoms with Crippen LogP contribution in [0, 0.1) is 5.82 Å². The normalized spacial score (nSPS) is 10.8. The Kier molecular flexibility index (Phi) is 5.75. The third-order valence-corrected chi connectivity index (χ3v) is 4.88. The van der Waals surface area contributed by atoms with E-state index in [1.807, 2.05) is 30.3 Å². The number of hydrogen-bond acceptors (Lipinski definition) is 7. The topological polar surface area (TPSA) is 112 Å². The second kappa shape index (κ2) is 8.80. The fourth-order valence-corrected chi connectivity index (χ4v) is 3.37. The minimum absolute atomic E-state index is 0.122. The number of halogens is 1. The van der Waals surface area contributed by atoms with Gasteiger partial charge in [-0.3, -0.25) is 4.79 Å². The van der Waals surface area contributed by atoms with Crippen molar-refractivity contribution in [2.45, 2.75) is 6.54 Å². The van der Waals surface area contributed by atoms with Crippen molar-refractivity contribution in [3.8, 4) is 17.1 Å². The molecule has 3 aromatic heterocycles. The summed E-state index contributed by atoms with van der Waals surface area (Å²) in [6.45, 7) is 4.18. The van der Waals surface area contributed by atoms with Crippen LogP contribution in [0.2, 0.25) is 0 Å². The number of benzene rings is 1. The number of fused-ring (bicyclic) bond motifs is 1. The molecule has 0 atom stereocenters. The summed E-state index contributed by atoms with van der Waals surface area (Å²) in [6, 6.07) is 10.5. The molecular formula is C22H20FN7O2. The maximum absolute atomic E-state index is 14.3. The van der Waals surface area contributed by atoms with Crippen LogP contribution in [0.25, 0.3) is 22.3 Å².